The van der Waals surface area contributed by atoms with Crippen LogP contribution in [0.25, 0.3) is 0 Å². The molecule has 35 heavy (non-hydrogen) atoms. The van der Waals surface area contributed by atoms with E-state index in [1.807, 2.05) is 0 Å². The molecule has 0 saturated carbocycles. The molecule has 0 fully saturated rings. The van der Waals surface area contributed by atoms with E-state index < -0.39 is 93.3 Å². The zero-order chi connectivity index (χ0) is 28.5. The molecular formula is C15H16F17NO2. The molecule has 0 aromatic heterocycles. The van der Waals surface area contributed by atoms with Gasteiger partial charge in [-0.3, -0.25) is 4.90 Å². The second-order valence-corrected chi connectivity index (χ2v) is 7.04. The number of nitrogens with zero attached hydrogens (tertiary/aromatic N) is 1. The van der Waals surface area contributed by atoms with Crippen LogP contribution in [0, 0.1) is 0 Å². The molecule has 0 aliphatic carbocycles. The third kappa shape index (κ3) is 5.52. The lowest BCUT2D eigenvalue weighted by Gasteiger charge is -2.42. The Labute approximate surface area is 184 Å². The Balaban J connectivity index is 6.21. The van der Waals surface area contributed by atoms with E-state index in [9.17, 15) is 74.6 Å². The fourth-order valence-electron chi connectivity index (χ4n) is 2.50. The first-order valence-corrected chi connectivity index (χ1v) is 8.90. The van der Waals surface area contributed by atoms with Gasteiger partial charge in [-0.25, -0.2) is 0 Å². The van der Waals surface area contributed by atoms with Crippen LogP contribution in [0.1, 0.15) is 12.8 Å². The van der Waals surface area contributed by atoms with Crippen LogP contribution in [0.5, 0.6) is 0 Å². The summed E-state index contributed by atoms with van der Waals surface area (Å²) in [5.41, 5.74) is 0. The molecule has 0 aromatic rings. The van der Waals surface area contributed by atoms with Gasteiger partial charge in [-0.1, -0.05) is 0 Å². The number of hydrogen-bond acceptors (Lipinski definition) is 3. The molecule has 0 amide bonds. The predicted octanol–water partition coefficient (Wildman–Crippen LogP) is 5.06. The van der Waals surface area contributed by atoms with E-state index in [2.05, 4.69) is 0 Å². The Morgan fingerprint density at radius 1 is 0.429 bits per heavy atom. The molecule has 0 bridgehead atoms. The van der Waals surface area contributed by atoms with E-state index in [1.54, 1.807) is 0 Å². The van der Waals surface area contributed by atoms with Gasteiger partial charge >= 0.3 is 47.6 Å². The first-order valence-electron chi connectivity index (χ1n) is 8.90. The molecule has 0 unspecified atom stereocenters. The summed E-state index contributed by atoms with van der Waals surface area (Å²) >= 11 is 0. The Kier molecular flexibility index (Phi) is 9.83. The third-order valence-electron chi connectivity index (χ3n) is 4.58. The maximum Gasteiger partial charge on any atom is 0.460 e. The summed E-state index contributed by atoms with van der Waals surface area (Å²) in [4.78, 5) is 0.856. The summed E-state index contributed by atoms with van der Waals surface area (Å²) in [5.74, 6) is -56.3. The highest BCUT2D eigenvalue weighted by Crippen LogP contribution is 2.64. The quantitative estimate of drug-likeness (QED) is 0.290. The van der Waals surface area contributed by atoms with Gasteiger partial charge in [-0.15, -0.1) is 0 Å². The number of rotatable bonds is 14. The topological polar surface area (TPSA) is 43.7 Å². The smallest absolute Gasteiger partial charge is 0.395 e. The van der Waals surface area contributed by atoms with Crippen molar-refractivity contribution in [1.29, 1.82) is 0 Å². The van der Waals surface area contributed by atoms with Crippen molar-refractivity contribution in [2.75, 3.05) is 32.8 Å². The number of hydrogen-bond donors (Lipinski definition) is 2. The summed E-state index contributed by atoms with van der Waals surface area (Å²) in [6.45, 7) is -3.05. The molecule has 0 aliphatic heterocycles. The van der Waals surface area contributed by atoms with Crippen LogP contribution in [-0.2, 0) is 0 Å². The lowest BCUT2D eigenvalue weighted by Crippen LogP contribution is -2.74. The van der Waals surface area contributed by atoms with Crippen molar-refractivity contribution in [3.05, 3.63) is 0 Å². The van der Waals surface area contributed by atoms with Crippen LogP contribution in [0.4, 0.5) is 74.6 Å². The predicted molar refractivity (Wildman–Crippen MR) is 80.5 cm³/mol. The SMILES string of the molecule is OCCN(CCO)CCCC(F)(F)C(F)(F)C(F)(F)C(F)(F)C(F)(F)C(F)(F)C(F)(F)C(F)(F)F. The molecule has 2 N–H and O–H groups in total. The van der Waals surface area contributed by atoms with Crippen molar-refractivity contribution in [2.45, 2.75) is 60.5 Å². The van der Waals surface area contributed by atoms with Crippen molar-refractivity contribution in [3.8, 4) is 0 Å². The zero-order valence-electron chi connectivity index (χ0n) is 16.7. The molecule has 0 heterocycles. The average molecular weight is 565 g/mol. The van der Waals surface area contributed by atoms with E-state index in [0.717, 1.165) is 4.90 Å². The Bertz CT molecular complexity index is 685. The molecule has 0 rings (SSSR count). The minimum Gasteiger partial charge on any atom is -0.395 e. The Morgan fingerprint density at radius 3 is 1.06 bits per heavy atom. The van der Waals surface area contributed by atoms with Gasteiger partial charge in [0.2, 0.25) is 0 Å². The normalized spacial score (nSPS) is 15.8. The summed E-state index contributed by atoms with van der Waals surface area (Å²) in [7, 11) is 0. The van der Waals surface area contributed by atoms with Gasteiger partial charge in [-0.05, 0) is 13.0 Å². The fourth-order valence-corrected chi connectivity index (χ4v) is 2.50. The highest BCUT2D eigenvalue weighted by molar-refractivity contribution is 5.15. The van der Waals surface area contributed by atoms with Crippen molar-refractivity contribution < 1.29 is 84.9 Å². The molecule has 0 atom stereocenters. The minimum absolute atomic E-state index is 0.411. The van der Waals surface area contributed by atoms with E-state index in [4.69, 9.17) is 10.2 Å². The molecule has 20 heteroatoms. The molecule has 0 spiro atoms. The van der Waals surface area contributed by atoms with Crippen LogP contribution in [0.15, 0.2) is 0 Å². The van der Waals surface area contributed by atoms with Crippen LogP contribution < -0.4 is 0 Å². The largest absolute Gasteiger partial charge is 0.460 e. The first kappa shape index (κ1) is 33.7. The fraction of sp³-hybridized carbons (Fsp3) is 1.00. The number of alkyl halides is 17. The molecule has 3 nitrogen and oxygen atoms in total. The summed E-state index contributed by atoms with van der Waals surface area (Å²) < 4.78 is 223. The monoisotopic (exact) mass is 565 g/mol. The van der Waals surface area contributed by atoms with E-state index in [0.29, 0.717) is 0 Å². The summed E-state index contributed by atoms with van der Waals surface area (Å²) in [6, 6.07) is 0. The van der Waals surface area contributed by atoms with E-state index >= 15 is 0 Å². The second-order valence-electron chi connectivity index (χ2n) is 7.04. The highest BCUT2D eigenvalue weighted by Gasteiger charge is 2.95. The van der Waals surface area contributed by atoms with Crippen molar-refractivity contribution in [1.82, 2.24) is 4.90 Å². The zero-order valence-corrected chi connectivity index (χ0v) is 16.7. The third-order valence-corrected chi connectivity index (χ3v) is 4.58. The van der Waals surface area contributed by atoms with Crippen LogP contribution in [-0.4, -0.2) is 95.6 Å². The van der Waals surface area contributed by atoms with Gasteiger partial charge in [0, 0.05) is 19.5 Å². The van der Waals surface area contributed by atoms with Crippen LogP contribution in [0.3, 0.4) is 0 Å². The number of aliphatic hydroxyl groups is 2. The highest BCUT2D eigenvalue weighted by atomic mass is 19.4. The second kappa shape index (κ2) is 10.2. The molecule has 0 radical (unpaired) electrons. The van der Waals surface area contributed by atoms with Gasteiger partial charge in [0.05, 0.1) is 13.2 Å². The average Bonchev–Trinajstić information content (AvgIpc) is 2.66. The molecular weight excluding hydrogens is 549 g/mol. The van der Waals surface area contributed by atoms with E-state index in [1.165, 1.54) is 0 Å². The molecule has 0 aromatic carbocycles. The Hall–Kier alpha value is -1.31. The lowest BCUT2D eigenvalue weighted by molar-refractivity contribution is -0.461. The molecule has 212 valence electrons. The summed E-state index contributed by atoms with van der Waals surface area (Å²) in [6.07, 6.45) is -11.7. The van der Waals surface area contributed by atoms with Gasteiger partial charge < -0.3 is 10.2 Å². The van der Waals surface area contributed by atoms with Gasteiger partial charge in [0.15, 0.2) is 0 Å². The van der Waals surface area contributed by atoms with Crippen molar-refractivity contribution >= 4 is 0 Å². The molecule has 0 aliphatic rings. The minimum atomic E-state index is -8.64. The van der Waals surface area contributed by atoms with Gasteiger partial charge in [0.25, 0.3) is 0 Å². The maximum atomic E-state index is 13.7. The van der Waals surface area contributed by atoms with Crippen molar-refractivity contribution in [2.24, 2.45) is 0 Å². The van der Waals surface area contributed by atoms with E-state index in [-0.39, 0.29) is 0 Å². The van der Waals surface area contributed by atoms with Crippen LogP contribution in [0.2, 0.25) is 0 Å². The molecule has 0 saturated heterocycles. The lowest BCUT2D eigenvalue weighted by atomic mass is 9.88. The summed E-state index contributed by atoms with van der Waals surface area (Å²) in [5, 5.41) is 17.3. The number of halogens is 17. The van der Waals surface area contributed by atoms with Crippen molar-refractivity contribution in [3.63, 3.8) is 0 Å². The first-order chi connectivity index (χ1) is 15.2. The Morgan fingerprint density at radius 2 is 0.743 bits per heavy atom. The van der Waals surface area contributed by atoms with Gasteiger partial charge in [-0.2, -0.15) is 74.6 Å². The standard InChI is InChI=1S/C15H16F17NO2/c16-8(17,2-1-3-33(4-6-34)5-7-35)9(18,19)10(20,21)11(22,23)12(24,25)13(26,27)14(28,29)15(30,31)32/h34-35H,1-7H2. The maximum absolute atomic E-state index is 13.7. The van der Waals surface area contributed by atoms with Gasteiger partial charge in [0.1, 0.15) is 0 Å². The van der Waals surface area contributed by atoms with Crippen LogP contribution >= 0.6 is 0 Å². The number of aliphatic hydroxyl groups excluding tert-OH is 2.